The van der Waals surface area contributed by atoms with E-state index in [0.717, 1.165) is 32.6 Å². The predicted molar refractivity (Wildman–Crippen MR) is 55.1 cm³/mol. The lowest BCUT2D eigenvalue weighted by atomic mass is 10.2. The maximum atomic E-state index is 5.58. The maximum Gasteiger partial charge on any atom is 0.0547 e. The molecule has 1 unspecified atom stereocenters. The first-order chi connectivity index (χ1) is 6.31. The van der Waals surface area contributed by atoms with Crippen LogP contribution in [0.3, 0.4) is 0 Å². The Bertz CT molecular complexity index is 98.9. The summed E-state index contributed by atoms with van der Waals surface area (Å²) in [5, 5.41) is 3.12. The van der Waals surface area contributed by atoms with Crippen molar-refractivity contribution in [2.75, 3.05) is 33.9 Å². The molecular formula is C10H23NO2. The molecule has 0 rings (SSSR count). The second kappa shape index (κ2) is 9.96. The molecule has 0 fully saturated rings. The standard InChI is InChI=1S/C10H23NO2/c1-10(6-4-7-11-2)13-9-5-8-12-3/h10-11H,4-9H2,1-3H3. The fraction of sp³-hybridized carbons (Fsp3) is 1.00. The molecule has 13 heavy (non-hydrogen) atoms. The quantitative estimate of drug-likeness (QED) is 0.557. The van der Waals surface area contributed by atoms with Crippen molar-refractivity contribution < 1.29 is 9.47 Å². The zero-order chi connectivity index (χ0) is 9.94. The number of methoxy groups -OCH3 is 1. The fourth-order valence-electron chi connectivity index (χ4n) is 1.14. The lowest BCUT2D eigenvalue weighted by Crippen LogP contribution is -2.14. The van der Waals surface area contributed by atoms with Crippen LogP contribution in [0.4, 0.5) is 0 Å². The average Bonchev–Trinajstić information content (AvgIpc) is 2.13. The van der Waals surface area contributed by atoms with Crippen LogP contribution in [0.1, 0.15) is 26.2 Å². The van der Waals surface area contributed by atoms with E-state index in [-0.39, 0.29) is 0 Å². The van der Waals surface area contributed by atoms with Crippen molar-refractivity contribution in [1.29, 1.82) is 0 Å². The lowest BCUT2D eigenvalue weighted by molar-refractivity contribution is 0.0447. The van der Waals surface area contributed by atoms with Crippen LogP contribution in [-0.2, 0) is 9.47 Å². The van der Waals surface area contributed by atoms with E-state index in [9.17, 15) is 0 Å². The van der Waals surface area contributed by atoms with Gasteiger partial charge in [-0.15, -0.1) is 0 Å². The van der Waals surface area contributed by atoms with Gasteiger partial charge in [0.25, 0.3) is 0 Å². The maximum absolute atomic E-state index is 5.58. The minimum Gasteiger partial charge on any atom is -0.385 e. The van der Waals surface area contributed by atoms with E-state index in [1.807, 2.05) is 7.05 Å². The van der Waals surface area contributed by atoms with Gasteiger partial charge < -0.3 is 14.8 Å². The lowest BCUT2D eigenvalue weighted by Gasteiger charge is -2.12. The molecule has 0 bridgehead atoms. The summed E-state index contributed by atoms with van der Waals surface area (Å²) in [5.74, 6) is 0. The highest BCUT2D eigenvalue weighted by atomic mass is 16.5. The first kappa shape index (κ1) is 12.9. The minimum atomic E-state index is 0.380. The summed E-state index contributed by atoms with van der Waals surface area (Å²) in [5.41, 5.74) is 0. The highest BCUT2D eigenvalue weighted by Gasteiger charge is 2.00. The van der Waals surface area contributed by atoms with E-state index in [1.54, 1.807) is 7.11 Å². The Morgan fingerprint density at radius 3 is 2.62 bits per heavy atom. The van der Waals surface area contributed by atoms with Crippen molar-refractivity contribution in [3.8, 4) is 0 Å². The normalized spacial score (nSPS) is 13.2. The monoisotopic (exact) mass is 189 g/mol. The molecule has 0 saturated heterocycles. The Balaban J connectivity index is 3.05. The van der Waals surface area contributed by atoms with Crippen molar-refractivity contribution >= 4 is 0 Å². The summed E-state index contributed by atoms with van der Waals surface area (Å²) in [6.07, 6.45) is 3.69. The van der Waals surface area contributed by atoms with Crippen molar-refractivity contribution in [1.82, 2.24) is 5.32 Å². The van der Waals surface area contributed by atoms with Crippen LogP contribution in [0.15, 0.2) is 0 Å². The third-order valence-electron chi connectivity index (χ3n) is 1.93. The smallest absolute Gasteiger partial charge is 0.0547 e. The number of rotatable bonds is 9. The minimum absolute atomic E-state index is 0.380. The topological polar surface area (TPSA) is 30.5 Å². The number of ether oxygens (including phenoxy) is 2. The van der Waals surface area contributed by atoms with Crippen LogP contribution in [0, 0.1) is 0 Å². The molecule has 0 aliphatic rings. The second-order valence-electron chi connectivity index (χ2n) is 3.27. The molecule has 80 valence electrons. The third kappa shape index (κ3) is 9.80. The first-order valence-electron chi connectivity index (χ1n) is 5.06. The molecule has 0 spiro atoms. The largest absolute Gasteiger partial charge is 0.385 e. The van der Waals surface area contributed by atoms with Crippen LogP contribution < -0.4 is 5.32 Å². The molecule has 0 aromatic heterocycles. The van der Waals surface area contributed by atoms with Gasteiger partial charge in [0.2, 0.25) is 0 Å². The van der Waals surface area contributed by atoms with Crippen molar-refractivity contribution in [3.63, 3.8) is 0 Å². The van der Waals surface area contributed by atoms with Gasteiger partial charge in [-0.1, -0.05) is 0 Å². The summed E-state index contributed by atoms with van der Waals surface area (Å²) < 4.78 is 10.5. The van der Waals surface area contributed by atoms with Crippen molar-refractivity contribution in [3.05, 3.63) is 0 Å². The number of nitrogens with one attached hydrogen (secondary N) is 1. The zero-order valence-electron chi connectivity index (χ0n) is 9.14. The zero-order valence-corrected chi connectivity index (χ0v) is 9.14. The fourth-order valence-corrected chi connectivity index (χ4v) is 1.14. The molecule has 0 radical (unpaired) electrons. The Morgan fingerprint density at radius 2 is 2.00 bits per heavy atom. The van der Waals surface area contributed by atoms with E-state index in [1.165, 1.54) is 6.42 Å². The van der Waals surface area contributed by atoms with Crippen LogP contribution in [0.5, 0.6) is 0 Å². The highest BCUT2D eigenvalue weighted by Crippen LogP contribution is 2.01. The van der Waals surface area contributed by atoms with Crippen LogP contribution in [0.2, 0.25) is 0 Å². The molecule has 1 N–H and O–H groups in total. The molecule has 1 atom stereocenters. The van der Waals surface area contributed by atoms with E-state index in [2.05, 4.69) is 12.2 Å². The molecular weight excluding hydrogens is 166 g/mol. The van der Waals surface area contributed by atoms with Crippen LogP contribution in [0.25, 0.3) is 0 Å². The molecule has 0 aromatic rings. The molecule has 0 aliphatic carbocycles. The SMILES string of the molecule is CNCCCC(C)OCCCOC. The average molecular weight is 189 g/mol. The van der Waals surface area contributed by atoms with E-state index in [0.29, 0.717) is 6.10 Å². The van der Waals surface area contributed by atoms with Gasteiger partial charge in [-0.25, -0.2) is 0 Å². The Labute approximate surface area is 81.8 Å². The van der Waals surface area contributed by atoms with E-state index < -0.39 is 0 Å². The van der Waals surface area contributed by atoms with Gasteiger partial charge in [0, 0.05) is 20.3 Å². The molecule has 0 aliphatic heterocycles. The number of hydrogen-bond donors (Lipinski definition) is 1. The summed E-state index contributed by atoms with van der Waals surface area (Å²) >= 11 is 0. The molecule has 0 aromatic carbocycles. The van der Waals surface area contributed by atoms with E-state index in [4.69, 9.17) is 9.47 Å². The van der Waals surface area contributed by atoms with Gasteiger partial charge in [-0.3, -0.25) is 0 Å². The van der Waals surface area contributed by atoms with Crippen molar-refractivity contribution in [2.45, 2.75) is 32.3 Å². The third-order valence-corrected chi connectivity index (χ3v) is 1.93. The molecule has 0 heterocycles. The van der Waals surface area contributed by atoms with Gasteiger partial charge in [-0.05, 0) is 39.8 Å². The van der Waals surface area contributed by atoms with Gasteiger partial charge >= 0.3 is 0 Å². The Hall–Kier alpha value is -0.120. The molecule has 0 saturated carbocycles. The van der Waals surface area contributed by atoms with Gasteiger partial charge in [0.05, 0.1) is 6.10 Å². The van der Waals surface area contributed by atoms with Gasteiger partial charge in [-0.2, -0.15) is 0 Å². The highest BCUT2D eigenvalue weighted by molar-refractivity contribution is 4.52. The summed E-state index contributed by atoms with van der Waals surface area (Å²) in [7, 11) is 3.69. The molecule has 3 nitrogen and oxygen atoms in total. The molecule has 0 amide bonds. The van der Waals surface area contributed by atoms with Crippen LogP contribution >= 0.6 is 0 Å². The Morgan fingerprint density at radius 1 is 1.23 bits per heavy atom. The van der Waals surface area contributed by atoms with Crippen molar-refractivity contribution in [2.24, 2.45) is 0 Å². The van der Waals surface area contributed by atoms with Crippen LogP contribution in [-0.4, -0.2) is 40.0 Å². The summed E-state index contributed by atoms with van der Waals surface area (Å²) in [6.45, 7) is 4.81. The van der Waals surface area contributed by atoms with E-state index >= 15 is 0 Å². The predicted octanol–water partition coefficient (Wildman–Crippen LogP) is 1.43. The van der Waals surface area contributed by atoms with Gasteiger partial charge in [0.15, 0.2) is 0 Å². The number of hydrogen-bond acceptors (Lipinski definition) is 3. The first-order valence-corrected chi connectivity index (χ1v) is 5.06. The van der Waals surface area contributed by atoms with Gasteiger partial charge in [0.1, 0.15) is 0 Å². The molecule has 3 heteroatoms. The second-order valence-corrected chi connectivity index (χ2v) is 3.27. The Kier molecular flexibility index (Phi) is 9.87. The summed E-state index contributed by atoms with van der Waals surface area (Å²) in [6, 6.07) is 0. The summed E-state index contributed by atoms with van der Waals surface area (Å²) in [4.78, 5) is 0.